The van der Waals surface area contributed by atoms with Crippen LogP contribution in [0.2, 0.25) is 0 Å². The molecule has 1 aliphatic carbocycles. The second-order valence-electron chi connectivity index (χ2n) is 5.83. The molecule has 1 atom stereocenters. The van der Waals surface area contributed by atoms with E-state index in [0.29, 0.717) is 16.8 Å². The smallest absolute Gasteiger partial charge is 0.406 e. The van der Waals surface area contributed by atoms with Gasteiger partial charge in [-0.1, -0.05) is 23.9 Å². The van der Waals surface area contributed by atoms with Crippen LogP contribution in [0.4, 0.5) is 13.2 Å². The van der Waals surface area contributed by atoms with Crippen molar-refractivity contribution in [3.05, 3.63) is 29.8 Å². The Morgan fingerprint density at radius 2 is 2.08 bits per heavy atom. The number of ether oxygens (including phenoxy) is 1. The average molecular weight is 387 g/mol. The molecular weight excluding hydrogens is 371 g/mol. The number of alkyl halides is 3. The molecule has 0 saturated heterocycles. The van der Waals surface area contributed by atoms with Crippen LogP contribution in [0.5, 0.6) is 5.75 Å². The molecule has 140 valence electrons. The van der Waals surface area contributed by atoms with Gasteiger partial charge in [-0.05, 0) is 47.9 Å². The first-order valence-corrected chi connectivity index (χ1v) is 8.86. The second kappa shape index (κ2) is 7.52. The fraction of sp³-hybridized carbons (Fsp3) is 0.467. The molecular formula is C15H16F3N5O2S. The normalized spacial score (nSPS) is 15.5. The van der Waals surface area contributed by atoms with Crippen molar-refractivity contribution in [3.63, 3.8) is 0 Å². The van der Waals surface area contributed by atoms with Crippen LogP contribution in [0.1, 0.15) is 37.4 Å². The topological polar surface area (TPSA) is 81.9 Å². The first kappa shape index (κ1) is 18.5. The van der Waals surface area contributed by atoms with Crippen molar-refractivity contribution in [2.24, 2.45) is 0 Å². The van der Waals surface area contributed by atoms with Gasteiger partial charge in [-0.25, -0.2) is 4.68 Å². The molecule has 1 saturated carbocycles. The molecule has 26 heavy (non-hydrogen) atoms. The van der Waals surface area contributed by atoms with Gasteiger partial charge in [-0.2, -0.15) is 0 Å². The first-order chi connectivity index (χ1) is 12.3. The number of nitrogens with one attached hydrogen (secondary N) is 1. The molecule has 1 amide bonds. The van der Waals surface area contributed by atoms with Crippen LogP contribution in [-0.2, 0) is 4.79 Å². The molecule has 1 fully saturated rings. The molecule has 11 heteroatoms. The number of hydrogen-bond acceptors (Lipinski definition) is 6. The summed E-state index contributed by atoms with van der Waals surface area (Å²) in [6, 6.07) is 5.35. The third kappa shape index (κ3) is 5.10. The number of halogens is 3. The van der Waals surface area contributed by atoms with Gasteiger partial charge in [0.2, 0.25) is 11.1 Å². The maximum Gasteiger partial charge on any atom is 0.573 e. The lowest BCUT2D eigenvalue weighted by Gasteiger charge is -2.15. The van der Waals surface area contributed by atoms with Gasteiger partial charge >= 0.3 is 6.36 Å². The molecule has 0 spiro atoms. The van der Waals surface area contributed by atoms with Crippen LogP contribution in [-0.4, -0.2) is 38.2 Å². The number of carbonyl (C=O) groups is 1. The van der Waals surface area contributed by atoms with Crippen LogP contribution in [0.3, 0.4) is 0 Å². The number of aromatic nitrogens is 4. The maximum atomic E-state index is 12.2. The summed E-state index contributed by atoms with van der Waals surface area (Å²) in [4.78, 5) is 12.1. The van der Waals surface area contributed by atoms with E-state index in [1.165, 1.54) is 36.0 Å². The summed E-state index contributed by atoms with van der Waals surface area (Å²) < 4.78 is 42.0. The molecule has 2 aromatic rings. The Labute approximate surface area is 151 Å². The summed E-state index contributed by atoms with van der Waals surface area (Å²) in [6.45, 7) is 1.75. The molecule has 1 aromatic heterocycles. The monoisotopic (exact) mass is 387 g/mol. The summed E-state index contributed by atoms with van der Waals surface area (Å²) >= 11 is 1.25. The third-order valence-corrected chi connectivity index (χ3v) is 4.61. The molecule has 0 bridgehead atoms. The van der Waals surface area contributed by atoms with Gasteiger partial charge < -0.3 is 10.1 Å². The fourth-order valence-corrected chi connectivity index (χ4v) is 3.04. The zero-order chi connectivity index (χ0) is 18.7. The number of thioether (sulfide) groups is 1. The number of hydrogen-bond donors (Lipinski definition) is 1. The van der Waals surface area contributed by atoms with Crippen LogP contribution in [0.15, 0.2) is 29.4 Å². The van der Waals surface area contributed by atoms with Crippen molar-refractivity contribution in [1.29, 1.82) is 0 Å². The molecule has 1 unspecified atom stereocenters. The van der Waals surface area contributed by atoms with Gasteiger partial charge in [-0.15, -0.1) is 18.3 Å². The quantitative estimate of drug-likeness (QED) is 0.736. The van der Waals surface area contributed by atoms with Crippen molar-refractivity contribution >= 4 is 17.7 Å². The van der Waals surface area contributed by atoms with Crippen molar-refractivity contribution in [2.45, 2.75) is 43.4 Å². The van der Waals surface area contributed by atoms with E-state index in [1.807, 2.05) is 0 Å². The van der Waals surface area contributed by atoms with Crippen LogP contribution < -0.4 is 10.1 Å². The second-order valence-corrected chi connectivity index (χ2v) is 6.77. The molecule has 1 N–H and O–H groups in total. The highest BCUT2D eigenvalue weighted by Crippen LogP contribution is 2.36. The van der Waals surface area contributed by atoms with Gasteiger partial charge in [0.25, 0.3) is 0 Å². The first-order valence-electron chi connectivity index (χ1n) is 7.87. The molecule has 3 rings (SSSR count). The Morgan fingerprint density at radius 3 is 2.69 bits per heavy atom. The Morgan fingerprint density at radius 1 is 1.38 bits per heavy atom. The van der Waals surface area contributed by atoms with Crippen molar-refractivity contribution in [1.82, 2.24) is 25.5 Å². The molecule has 7 nitrogen and oxygen atoms in total. The van der Waals surface area contributed by atoms with Crippen LogP contribution in [0, 0.1) is 0 Å². The largest absolute Gasteiger partial charge is 0.573 e. The maximum absolute atomic E-state index is 12.2. The van der Waals surface area contributed by atoms with E-state index < -0.39 is 6.36 Å². The highest BCUT2D eigenvalue weighted by molar-refractivity contribution is 7.99. The van der Waals surface area contributed by atoms with E-state index in [-0.39, 0.29) is 23.5 Å². The van der Waals surface area contributed by atoms with E-state index in [1.54, 1.807) is 11.6 Å². The lowest BCUT2D eigenvalue weighted by Crippen LogP contribution is -2.28. The average Bonchev–Trinajstić information content (AvgIpc) is 3.30. The molecule has 0 aliphatic heterocycles. The summed E-state index contributed by atoms with van der Waals surface area (Å²) in [6.07, 6.45) is -2.65. The van der Waals surface area contributed by atoms with Gasteiger partial charge in [-0.3, -0.25) is 4.79 Å². The number of tetrazole rings is 1. The van der Waals surface area contributed by atoms with Crippen molar-refractivity contribution in [3.8, 4) is 5.75 Å². The lowest BCUT2D eigenvalue weighted by atomic mass is 10.1. The van der Waals surface area contributed by atoms with Crippen molar-refractivity contribution < 1.29 is 22.7 Å². The van der Waals surface area contributed by atoms with Crippen LogP contribution >= 0.6 is 11.8 Å². The summed E-state index contributed by atoms with van der Waals surface area (Å²) in [5, 5.41) is 14.8. The zero-order valence-corrected chi connectivity index (χ0v) is 14.5. The molecule has 1 aliphatic rings. The van der Waals surface area contributed by atoms with Gasteiger partial charge in [0.1, 0.15) is 5.75 Å². The van der Waals surface area contributed by atoms with E-state index >= 15 is 0 Å². The van der Waals surface area contributed by atoms with E-state index in [4.69, 9.17) is 0 Å². The van der Waals surface area contributed by atoms with Gasteiger partial charge in [0.05, 0.1) is 17.8 Å². The fourth-order valence-electron chi connectivity index (χ4n) is 2.28. The Kier molecular flexibility index (Phi) is 5.35. The minimum Gasteiger partial charge on any atom is -0.406 e. The predicted octanol–water partition coefficient (Wildman–Crippen LogP) is 2.88. The number of rotatable bonds is 7. The lowest BCUT2D eigenvalue weighted by molar-refractivity contribution is -0.274. The van der Waals surface area contributed by atoms with Gasteiger partial charge in [0.15, 0.2) is 0 Å². The van der Waals surface area contributed by atoms with Crippen LogP contribution in [0.25, 0.3) is 0 Å². The molecule has 1 aromatic carbocycles. The van der Waals surface area contributed by atoms with Crippen molar-refractivity contribution in [2.75, 3.05) is 5.75 Å². The number of benzene rings is 1. The SMILES string of the molecule is CC(NC(=O)CSc1nnnn1C1CC1)c1ccc(OC(F)(F)F)cc1. The molecule has 1 heterocycles. The summed E-state index contributed by atoms with van der Waals surface area (Å²) in [5.41, 5.74) is 0.667. The van der Waals surface area contributed by atoms with E-state index in [0.717, 1.165) is 12.8 Å². The Balaban J connectivity index is 1.49. The number of amides is 1. The molecule has 0 radical (unpaired) electrons. The minimum absolute atomic E-state index is 0.146. The standard InChI is InChI=1S/C15H16F3N5O2S/c1-9(10-2-6-12(7-3-10)25-15(16,17)18)19-13(24)8-26-14-20-21-22-23(14)11-4-5-11/h2-3,6-7,9,11H,4-5,8H2,1H3,(H,19,24). The van der Waals surface area contributed by atoms with E-state index in [2.05, 4.69) is 25.6 Å². The van der Waals surface area contributed by atoms with E-state index in [9.17, 15) is 18.0 Å². The highest BCUT2D eigenvalue weighted by atomic mass is 32.2. The summed E-state index contributed by atoms with van der Waals surface area (Å²) in [5.74, 6) is -0.377. The Hall–Kier alpha value is -2.30. The summed E-state index contributed by atoms with van der Waals surface area (Å²) in [7, 11) is 0. The van der Waals surface area contributed by atoms with Gasteiger partial charge in [0, 0.05) is 0 Å². The third-order valence-electron chi connectivity index (χ3n) is 3.68. The predicted molar refractivity (Wildman–Crippen MR) is 86.5 cm³/mol. The number of carbonyl (C=O) groups excluding carboxylic acids is 1. The number of nitrogens with zero attached hydrogens (tertiary/aromatic N) is 4. The zero-order valence-electron chi connectivity index (χ0n) is 13.7. The minimum atomic E-state index is -4.73. The Bertz CT molecular complexity index is 761. The highest BCUT2D eigenvalue weighted by Gasteiger charge is 2.31.